The lowest BCUT2D eigenvalue weighted by Gasteiger charge is -2.23. The number of carboxylic acids is 1. The Morgan fingerprint density at radius 2 is 1.64 bits per heavy atom. The summed E-state index contributed by atoms with van der Waals surface area (Å²) in [7, 11) is -8.87. The van der Waals surface area contributed by atoms with Gasteiger partial charge in [-0.1, -0.05) is 0 Å². The van der Waals surface area contributed by atoms with Crippen LogP contribution in [0, 0.1) is 17.0 Å². The molecule has 22 heavy (non-hydrogen) atoms. The van der Waals surface area contributed by atoms with Crippen molar-refractivity contribution in [2.45, 2.75) is 6.92 Å². The van der Waals surface area contributed by atoms with Gasteiger partial charge in [0.1, 0.15) is 0 Å². The van der Waals surface area contributed by atoms with Gasteiger partial charge in [-0.05, 0) is 13.0 Å². The Kier molecular flexibility index (Phi) is 4.49. The third-order valence-electron chi connectivity index (χ3n) is 2.61. The summed E-state index contributed by atoms with van der Waals surface area (Å²) in [5.41, 5.74) is -2.44. The van der Waals surface area contributed by atoms with Gasteiger partial charge in [0.05, 0.1) is 34.2 Å². The number of nitro groups is 1. The Morgan fingerprint density at radius 3 is 1.95 bits per heavy atom. The second-order valence-electron chi connectivity index (χ2n) is 4.39. The van der Waals surface area contributed by atoms with Crippen molar-refractivity contribution in [3.05, 3.63) is 33.4 Å². The van der Waals surface area contributed by atoms with Gasteiger partial charge in [0, 0.05) is 6.07 Å². The van der Waals surface area contributed by atoms with E-state index in [4.69, 9.17) is 5.11 Å². The van der Waals surface area contributed by atoms with E-state index in [0.717, 1.165) is 19.1 Å². The predicted octanol–water partition coefficient (Wildman–Crippen LogP) is 0.327. The lowest BCUT2D eigenvalue weighted by Crippen LogP contribution is -2.37. The van der Waals surface area contributed by atoms with E-state index in [1.54, 1.807) is 0 Å². The van der Waals surface area contributed by atoms with Crippen molar-refractivity contribution in [2.24, 2.45) is 0 Å². The summed E-state index contributed by atoms with van der Waals surface area (Å²) in [5, 5.41) is 20.0. The van der Waals surface area contributed by atoms with Crippen LogP contribution in [0.5, 0.6) is 0 Å². The predicted molar refractivity (Wildman–Crippen MR) is 77.0 cm³/mol. The molecule has 0 atom stereocenters. The lowest BCUT2D eigenvalue weighted by molar-refractivity contribution is -0.385. The lowest BCUT2D eigenvalue weighted by atomic mass is 10.1. The number of sulfonamides is 2. The van der Waals surface area contributed by atoms with E-state index in [0.29, 0.717) is 12.5 Å². The molecule has 122 valence electrons. The molecule has 0 aliphatic rings. The highest BCUT2D eigenvalue weighted by Gasteiger charge is 2.35. The van der Waals surface area contributed by atoms with Gasteiger partial charge in [-0.25, -0.2) is 21.6 Å². The molecule has 1 aromatic rings. The Hall–Kier alpha value is -2.21. The largest absolute Gasteiger partial charge is 0.478 e. The maximum absolute atomic E-state index is 11.8. The number of aromatic carboxylic acids is 1. The summed E-state index contributed by atoms with van der Waals surface area (Å²) >= 11 is 0. The molecule has 12 heteroatoms. The van der Waals surface area contributed by atoms with Crippen LogP contribution in [0.15, 0.2) is 12.1 Å². The first-order valence-corrected chi connectivity index (χ1v) is 9.20. The van der Waals surface area contributed by atoms with Crippen molar-refractivity contribution in [3.8, 4) is 0 Å². The van der Waals surface area contributed by atoms with E-state index in [-0.39, 0.29) is 9.27 Å². The monoisotopic (exact) mass is 352 g/mol. The molecular formula is C10H12N2O8S2. The van der Waals surface area contributed by atoms with E-state index in [9.17, 15) is 31.7 Å². The Bertz CT molecular complexity index is 825. The molecule has 0 heterocycles. The van der Waals surface area contributed by atoms with Crippen LogP contribution in [0.3, 0.4) is 0 Å². The fourth-order valence-corrected chi connectivity index (χ4v) is 4.97. The van der Waals surface area contributed by atoms with Gasteiger partial charge in [-0.3, -0.25) is 10.1 Å². The first kappa shape index (κ1) is 17.8. The average molecular weight is 352 g/mol. The molecule has 1 aromatic carbocycles. The summed E-state index contributed by atoms with van der Waals surface area (Å²) < 4.78 is 47.0. The zero-order valence-corrected chi connectivity index (χ0v) is 13.3. The van der Waals surface area contributed by atoms with E-state index in [1.165, 1.54) is 0 Å². The van der Waals surface area contributed by atoms with Crippen LogP contribution < -0.4 is 3.71 Å². The minimum absolute atomic E-state index is 0.119. The van der Waals surface area contributed by atoms with Crippen molar-refractivity contribution in [3.63, 3.8) is 0 Å². The number of nitrogens with zero attached hydrogens (tertiary/aromatic N) is 2. The molecule has 0 bridgehead atoms. The summed E-state index contributed by atoms with van der Waals surface area (Å²) in [4.78, 5) is 21.3. The van der Waals surface area contributed by atoms with Gasteiger partial charge in [-0.2, -0.15) is 3.71 Å². The highest BCUT2D eigenvalue weighted by atomic mass is 32.3. The van der Waals surface area contributed by atoms with Crippen molar-refractivity contribution < 1.29 is 31.7 Å². The quantitative estimate of drug-likeness (QED) is 0.587. The first-order valence-electron chi connectivity index (χ1n) is 5.50. The fraction of sp³-hybridized carbons (Fsp3) is 0.300. The van der Waals surface area contributed by atoms with Crippen molar-refractivity contribution in [2.75, 3.05) is 16.2 Å². The molecule has 0 unspecified atom stereocenters. The molecule has 0 aliphatic heterocycles. The molecule has 0 aromatic heterocycles. The Morgan fingerprint density at radius 1 is 1.18 bits per heavy atom. The van der Waals surface area contributed by atoms with Gasteiger partial charge < -0.3 is 5.11 Å². The van der Waals surface area contributed by atoms with E-state index in [2.05, 4.69) is 0 Å². The van der Waals surface area contributed by atoms with Gasteiger partial charge >= 0.3 is 5.97 Å². The highest BCUT2D eigenvalue weighted by molar-refractivity contribution is 8.09. The van der Waals surface area contributed by atoms with Gasteiger partial charge in [0.15, 0.2) is 0 Å². The molecule has 0 fully saturated rings. The fourth-order valence-electron chi connectivity index (χ4n) is 1.87. The second-order valence-corrected chi connectivity index (χ2v) is 8.28. The smallest absolute Gasteiger partial charge is 0.337 e. The van der Waals surface area contributed by atoms with E-state index in [1.807, 2.05) is 0 Å². The second kappa shape index (κ2) is 5.53. The molecule has 1 N–H and O–H groups in total. The average Bonchev–Trinajstić information content (AvgIpc) is 2.26. The summed E-state index contributed by atoms with van der Waals surface area (Å²) in [6.45, 7) is 1.07. The number of hydrogen-bond acceptors (Lipinski definition) is 7. The number of carbonyl (C=O) groups is 1. The molecule has 0 amide bonds. The molecule has 0 aliphatic carbocycles. The Labute approximate surface area is 126 Å². The SMILES string of the molecule is Cc1c([N+](=O)[O-])ccc(C(=O)O)c1N(S(C)(=O)=O)S(C)(=O)=O. The number of nitro benzene ring substituents is 1. The number of benzene rings is 1. The topological polar surface area (TPSA) is 152 Å². The van der Waals surface area contributed by atoms with Crippen LogP contribution in [-0.2, 0) is 20.0 Å². The summed E-state index contributed by atoms with van der Waals surface area (Å²) in [6.07, 6.45) is 1.11. The third kappa shape index (κ3) is 3.33. The first-order chi connectivity index (χ1) is 9.78. The molecule has 10 nitrogen and oxygen atoms in total. The minimum atomic E-state index is -4.44. The van der Waals surface area contributed by atoms with Crippen molar-refractivity contribution in [1.82, 2.24) is 0 Å². The number of hydrogen-bond donors (Lipinski definition) is 1. The van der Waals surface area contributed by atoms with Crippen LogP contribution in [0.25, 0.3) is 0 Å². The molecule has 0 saturated heterocycles. The number of rotatable bonds is 5. The highest BCUT2D eigenvalue weighted by Crippen LogP contribution is 2.35. The third-order valence-corrected chi connectivity index (χ3v) is 5.81. The zero-order valence-electron chi connectivity index (χ0n) is 11.7. The van der Waals surface area contributed by atoms with Crippen LogP contribution in [-0.4, -0.2) is 45.3 Å². The van der Waals surface area contributed by atoms with Crippen LogP contribution in [0.2, 0.25) is 0 Å². The minimum Gasteiger partial charge on any atom is -0.478 e. The molecule has 0 saturated carbocycles. The molecular weight excluding hydrogens is 340 g/mol. The number of anilines is 1. The van der Waals surface area contributed by atoms with Crippen LogP contribution >= 0.6 is 0 Å². The molecule has 0 spiro atoms. The van der Waals surface area contributed by atoms with Crippen molar-refractivity contribution >= 4 is 37.4 Å². The molecule has 0 radical (unpaired) electrons. The standard InChI is InChI=1S/C10H12N2O8S2/c1-6-8(11(15)16)5-4-7(10(13)14)9(6)12(21(2,17)18)22(3,19)20/h4-5H,1-3H3,(H,13,14). The van der Waals surface area contributed by atoms with E-state index >= 15 is 0 Å². The van der Waals surface area contributed by atoms with Gasteiger partial charge in [-0.15, -0.1) is 0 Å². The van der Waals surface area contributed by atoms with Gasteiger partial charge in [0.2, 0.25) is 20.0 Å². The summed E-state index contributed by atoms with van der Waals surface area (Å²) in [5.74, 6) is -1.62. The van der Waals surface area contributed by atoms with Crippen LogP contribution in [0.4, 0.5) is 11.4 Å². The van der Waals surface area contributed by atoms with Crippen molar-refractivity contribution in [1.29, 1.82) is 0 Å². The molecule has 1 rings (SSSR count). The van der Waals surface area contributed by atoms with Gasteiger partial charge in [0.25, 0.3) is 5.69 Å². The van der Waals surface area contributed by atoms with E-state index < -0.39 is 47.9 Å². The maximum Gasteiger partial charge on any atom is 0.337 e. The zero-order chi connectivity index (χ0) is 17.5. The maximum atomic E-state index is 11.8. The van der Waals surface area contributed by atoms with Crippen LogP contribution in [0.1, 0.15) is 15.9 Å². The number of carboxylic acid groups (broad SMARTS) is 1. The Balaban J connectivity index is 4.01. The summed E-state index contributed by atoms with van der Waals surface area (Å²) in [6, 6.07) is 1.65. The normalized spacial score (nSPS) is 12.0.